The molecule has 0 saturated heterocycles. The largest absolute Gasteiger partial charge is 1.00 e. The van der Waals surface area contributed by atoms with Crippen LogP contribution in [-0.2, 0) is 9.37 Å². The first-order valence-electron chi connectivity index (χ1n) is 7.25. The van der Waals surface area contributed by atoms with Crippen LogP contribution in [-0.4, -0.2) is 16.9 Å². The van der Waals surface area contributed by atoms with Crippen LogP contribution in [0.2, 0.25) is 0 Å². The first kappa shape index (κ1) is 21.1. The van der Waals surface area contributed by atoms with Crippen LogP contribution in [0.3, 0.4) is 0 Å². The van der Waals surface area contributed by atoms with E-state index < -0.39 is 0 Å². The number of nitrogens with zero attached hydrogens (tertiary/aromatic N) is 2. The van der Waals surface area contributed by atoms with Crippen LogP contribution in [0, 0.1) is 6.92 Å². The van der Waals surface area contributed by atoms with Gasteiger partial charge in [0.25, 0.3) is 0 Å². The fraction of sp³-hybridized carbons (Fsp3) is 0.125. The molecule has 0 spiro atoms. The molecule has 10 heteroatoms. The van der Waals surface area contributed by atoms with Gasteiger partial charge in [0.05, 0.1) is 16.9 Å². The zero-order chi connectivity index (χ0) is 17.5. The van der Waals surface area contributed by atoms with Crippen LogP contribution in [0.4, 0.5) is 5.69 Å². The molecule has 1 aromatic heterocycles. The average Bonchev–Trinajstić information content (AvgIpc) is 3.08. The van der Waals surface area contributed by atoms with Gasteiger partial charge in [0.2, 0.25) is 0 Å². The Morgan fingerprint density at radius 2 is 2.00 bits per heavy atom. The van der Waals surface area contributed by atoms with Gasteiger partial charge in [-0.05, 0) is 31.2 Å². The molecular weight excluding hydrogens is 385 g/mol. The molecule has 0 amide bonds. The van der Waals surface area contributed by atoms with Gasteiger partial charge in [0.1, 0.15) is 15.8 Å². The minimum atomic E-state index is 0. The van der Waals surface area contributed by atoms with Crippen molar-refractivity contribution in [3.8, 4) is 16.3 Å². The van der Waals surface area contributed by atoms with E-state index in [4.69, 9.17) is 4.74 Å². The molecule has 0 atom stereocenters. The van der Waals surface area contributed by atoms with Gasteiger partial charge in [-0.25, -0.2) is 0 Å². The van der Waals surface area contributed by atoms with E-state index in [1.807, 2.05) is 43.3 Å². The number of ether oxygens (including phenoxy) is 1. The van der Waals surface area contributed by atoms with Crippen LogP contribution in [0.1, 0.15) is 5.01 Å². The Morgan fingerprint density at radius 1 is 1.15 bits per heavy atom. The first-order valence-corrected chi connectivity index (χ1v) is 8.81. The Balaban J connectivity index is 0.00000243. The summed E-state index contributed by atoms with van der Waals surface area (Å²) < 4.78 is 10.0. The summed E-state index contributed by atoms with van der Waals surface area (Å²) in [5.41, 5.74) is 1.89. The molecule has 3 rings (SSSR count). The summed E-state index contributed by atoms with van der Waals surface area (Å²) in [4.78, 5) is 0.637. The van der Waals surface area contributed by atoms with E-state index in [0.29, 0.717) is 10.6 Å². The molecule has 0 fully saturated rings. The number of aromatic nitrogens is 2. The Kier molecular flexibility index (Phi) is 8.82. The molecule has 26 heavy (non-hydrogen) atoms. The van der Waals surface area contributed by atoms with Crippen LogP contribution < -0.4 is 44.9 Å². The molecule has 0 bridgehead atoms. The van der Waals surface area contributed by atoms with Crippen LogP contribution in [0.5, 0.6) is 5.75 Å². The van der Waals surface area contributed by atoms with Crippen LogP contribution in [0.25, 0.3) is 10.6 Å². The van der Waals surface area contributed by atoms with Crippen molar-refractivity contribution in [3.05, 3.63) is 53.5 Å². The number of hydrogen-bond donors (Lipinski definition) is 1. The van der Waals surface area contributed by atoms with Gasteiger partial charge in [-0.1, -0.05) is 35.6 Å². The molecule has 1 N–H and O–H groups in total. The summed E-state index contributed by atoms with van der Waals surface area (Å²) in [5, 5.41) is 26.5. The van der Waals surface area contributed by atoms with Crippen molar-refractivity contribution in [2.75, 3.05) is 12.0 Å². The number of hydrogen-bond acceptors (Lipinski definition) is 9. The number of anilines is 1. The molecule has 7 nitrogen and oxygen atoms in total. The number of aryl methyl sites for hydroxylation is 1. The SMILES string of the molecule is Cc1nnc(-c2cccc(NCOc3ccccc3SOO[O-])c2)s1.[Na+]. The van der Waals surface area contributed by atoms with Crippen molar-refractivity contribution < 1.29 is 48.9 Å². The smallest absolute Gasteiger partial charge is 0.691 e. The van der Waals surface area contributed by atoms with Gasteiger partial charge in [-0.2, -0.15) is 4.33 Å². The summed E-state index contributed by atoms with van der Waals surface area (Å²) >= 11 is 2.34. The topological polar surface area (TPSA) is 88.6 Å². The number of rotatable bonds is 8. The monoisotopic (exact) mass is 399 g/mol. The van der Waals surface area contributed by atoms with Crippen molar-refractivity contribution in [1.29, 1.82) is 0 Å². The summed E-state index contributed by atoms with van der Waals surface area (Å²) in [6, 6.07) is 15.0. The fourth-order valence-corrected chi connectivity index (χ4v) is 3.19. The summed E-state index contributed by atoms with van der Waals surface area (Å²) in [6.07, 6.45) is 0. The molecule has 130 valence electrons. The maximum atomic E-state index is 9.96. The molecule has 2 aromatic carbocycles. The second-order valence-electron chi connectivity index (χ2n) is 4.84. The number of nitrogens with one attached hydrogen (secondary N) is 1. The third-order valence-electron chi connectivity index (χ3n) is 3.14. The van der Waals surface area contributed by atoms with E-state index in [1.54, 1.807) is 23.5 Å². The maximum Gasteiger partial charge on any atom is 1.00 e. The third kappa shape index (κ3) is 5.93. The summed E-state index contributed by atoms with van der Waals surface area (Å²) in [6.45, 7) is 2.17. The van der Waals surface area contributed by atoms with Gasteiger partial charge >= 0.3 is 29.6 Å². The molecule has 1 heterocycles. The number of para-hydroxylation sites is 1. The predicted molar refractivity (Wildman–Crippen MR) is 93.7 cm³/mol. The molecule has 0 saturated carbocycles. The van der Waals surface area contributed by atoms with Gasteiger partial charge in [0.15, 0.2) is 6.73 Å². The molecule has 0 aliphatic heterocycles. The molecule has 0 aliphatic rings. The van der Waals surface area contributed by atoms with E-state index in [0.717, 1.165) is 33.3 Å². The average molecular weight is 399 g/mol. The molecule has 0 radical (unpaired) electrons. The second-order valence-corrected chi connectivity index (χ2v) is 6.76. The van der Waals surface area contributed by atoms with Crippen LogP contribution >= 0.6 is 23.4 Å². The molecular formula is C16H14N3NaO4S2. The zero-order valence-electron chi connectivity index (χ0n) is 14.2. The Hall–Kier alpha value is -1.17. The van der Waals surface area contributed by atoms with E-state index in [1.165, 1.54) is 0 Å². The number of benzene rings is 2. The molecule has 0 unspecified atom stereocenters. The maximum absolute atomic E-state index is 9.96. The Labute approximate surface area is 181 Å². The van der Waals surface area contributed by atoms with E-state index >= 15 is 0 Å². The van der Waals surface area contributed by atoms with Gasteiger partial charge in [-0.15, -0.1) is 10.2 Å². The minimum Gasteiger partial charge on any atom is -0.691 e. The summed E-state index contributed by atoms with van der Waals surface area (Å²) in [5.74, 6) is 0.577. The zero-order valence-corrected chi connectivity index (χ0v) is 17.8. The standard InChI is InChI=1S/C16H15N3O4S2.Na/c1-11-18-19-16(24-11)12-5-4-6-13(9-12)17-10-21-14-7-2-3-8-15(14)25-23-22-20;/h2-9,17,20H,10H2,1H3;/q;+1/p-1. The third-order valence-corrected chi connectivity index (χ3v) is 4.67. The second kappa shape index (κ2) is 10.9. The van der Waals surface area contributed by atoms with E-state index in [9.17, 15) is 5.26 Å². The normalized spacial score (nSPS) is 10.2. The summed E-state index contributed by atoms with van der Waals surface area (Å²) in [7, 11) is 0. The van der Waals surface area contributed by atoms with E-state index in [-0.39, 0.29) is 36.3 Å². The quantitative estimate of drug-likeness (QED) is 0.189. The van der Waals surface area contributed by atoms with E-state index in [2.05, 4.69) is 24.9 Å². The van der Waals surface area contributed by atoms with Crippen molar-refractivity contribution in [2.45, 2.75) is 11.8 Å². The Bertz CT molecular complexity index is 835. The van der Waals surface area contributed by atoms with Crippen molar-refractivity contribution in [2.24, 2.45) is 0 Å². The Morgan fingerprint density at radius 3 is 2.77 bits per heavy atom. The first-order chi connectivity index (χ1) is 12.3. The minimum absolute atomic E-state index is 0. The van der Waals surface area contributed by atoms with Gasteiger partial charge < -0.3 is 15.3 Å². The van der Waals surface area contributed by atoms with Gasteiger partial charge in [-0.3, -0.25) is 5.04 Å². The van der Waals surface area contributed by atoms with Gasteiger partial charge in [0, 0.05) is 11.3 Å². The van der Waals surface area contributed by atoms with Crippen molar-refractivity contribution in [3.63, 3.8) is 0 Å². The molecule has 3 aromatic rings. The van der Waals surface area contributed by atoms with Crippen LogP contribution in [0.15, 0.2) is 53.4 Å². The predicted octanol–water partition coefficient (Wildman–Crippen LogP) is 0.197. The molecule has 0 aliphatic carbocycles. The van der Waals surface area contributed by atoms with Crippen molar-refractivity contribution in [1.82, 2.24) is 10.2 Å². The fourth-order valence-electron chi connectivity index (χ4n) is 2.06. The van der Waals surface area contributed by atoms with Crippen molar-refractivity contribution >= 4 is 29.1 Å².